The van der Waals surface area contributed by atoms with Crippen molar-refractivity contribution in [3.05, 3.63) is 33.9 Å². The molecule has 2 atom stereocenters. The summed E-state index contributed by atoms with van der Waals surface area (Å²) in [5, 5.41) is 13.6. The van der Waals surface area contributed by atoms with Gasteiger partial charge in [0.15, 0.2) is 12.9 Å². The predicted octanol–water partition coefficient (Wildman–Crippen LogP) is 2.48. The van der Waals surface area contributed by atoms with Gasteiger partial charge in [-0.3, -0.25) is 19.7 Å². The largest absolute Gasteiger partial charge is 0.483 e. The normalized spacial score (nSPS) is 20.6. The first-order valence-electron chi connectivity index (χ1n) is 7.67. The highest BCUT2D eigenvalue weighted by molar-refractivity contribution is 5.82. The number of non-ortho nitro benzene ring substituents is 1. The van der Waals surface area contributed by atoms with Crippen molar-refractivity contribution in [1.29, 1.82) is 0 Å². The molecule has 1 N–H and O–H groups in total. The molecular formula is C16H20N2O5. The molecule has 0 saturated heterocycles. The fourth-order valence-corrected chi connectivity index (χ4v) is 2.80. The number of hydrogen-bond donors (Lipinski definition) is 1. The lowest BCUT2D eigenvalue weighted by Crippen LogP contribution is -2.43. The number of ether oxygens (including phenoxy) is 1. The van der Waals surface area contributed by atoms with Crippen molar-refractivity contribution in [1.82, 2.24) is 5.32 Å². The van der Waals surface area contributed by atoms with Gasteiger partial charge in [-0.05, 0) is 24.8 Å². The first-order valence-corrected chi connectivity index (χ1v) is 7.67. The van der Waals surface area contributed by atoms with Crippen LogP contribution in [0.25, 0.3) is 0 Å². The molecule has 1 aromatic rings. The minimum Gasteiger partial charge on any atom is -0.483 e. The molecule has 0 bridgehead atoms. The zero-order chi connectivity index (χ0) is 16.8. The summed E-state index contributed by atoms with van der Waals surface area (Å²) in [6.07, 6.45) is 4.83. The van der Waals surface area contributed by atoms with E-state index >= 15 is 0 Å². The Hall–Kier alpha value is -2.44. The summed E-state index contributed by atoms with van der Waals surface area (Å²) in [7, 11) is 0. The van der Waals surface area contributed by atoms with Crippen LogP contribution in [0, 0.1) is 16.0 Å². The highest BCUT2D eigenvalue weighted by atomic mass is 16.6. The van der Waals surface area contributed by atoms with E-state index in [-0.39, 0.29) is 35.6 Å². The smallest absolute Gasteiger partial charge is 0.270 e. The van der Waals surface area contributed by atoms with Gasteiger partial charge in [-0.2, -0.15) is 0 Å². The van der Waals surface area contributed by atoms with Crippen LogP contribution in [0.5, 0.6) is 5.75 Å². The molecule has 7 heteroatoms. The molecule has 1 aliphatic carbocycles. The molecule has 0 aromatic heterocycles. The third-order valence-electron chi connectivity index (χ3n) is 4.15. The number of nitrogens with one attached hydrogen (secondary N) is 1. The molecule has 1 aliphatic rings. The summed E-state index contributed by atoms with van der Waals surface area (Å²) in [5.41, 5.74) is -0.141. The summed E-state index contributed by atoms with van der Waals surface area (Å²) in [5.74, 6) is 0.356. The topological polar surface area (TPSA) is 98.5 Å². The molecule has 124 valence electrons. The molecule has 23 heavy (non-hydrogen) atoms. The summed E-state index contributed by atoms with van der Waals surface area (Å²) in [6, 6.07) is 3.85. The van der Waals surface area contributed by atoms with Crippen LogP contribution in [0.1, 0.15) is 43.0 Å². The second kappa shape index (κ2) is 7.71. The molecule has 0 spiro atoms. The maximum atomic E-state index is 12.0. The minimum atomic E-state index is -0.589. The van der Waals surface area contributed by atoms with Crippen LogP contribution in [0.2, 0.25) is 0 Å². The van der Waals surface area contributed by atoms with E-state index in [1.54, 1.807) is 0 Å². The lowest BCUT2D eigenvalue weighted by atomic mass is 9.86. The number of benzene rings is 1. The van der Waals surface area contributed by atoms with Gasteiger partial charge >= 0.3 is 0 Å². The van der Waals surface area contributed by atoms with Gasteiger partial charge in [0.05, 0.1) is 10.5 Å². The van der Waals surface area contributed by atoms with E-state index in [2.05, 4.69) is 12.2 Å². The van der Waals surface area contributed by atoms with E-state index in [1.807, 2.05) is 0 Å². The van der Waals surface area contributed by atoms with Gasteiger partial charge in [-0.15, -0.1) is 0 Å². The molecule has 7 nitrogen and oxygen atoms in total. The monoisotopic (exact) mass is 320 g/mol. The Kier molecular flexibility index (Phi) is 5.67. The maximum absolute atomic E-state index is 12.0. The van der Waals surface area contributed by atoms with Gasteiger partial charge in [0.2, 0.25) is 0 Å². The molecule has 0 aliphatic heterocycles. The number of nitro benzene ring substituents is 1. The van der Waals surface area contributed by atoms with E-state index < -0.39 is 4.92 Å². The quantitative estimate of drug-likeness (QED) is 0.493. The van der Waals surface area contributed by atoms with E-state index in [9.17, 15) is 19.7 Å². The van der Waals surface area contributed by atoms with Crippen molar-refractivity contribution in [3.8, 4) is 5.75 Å². The van der Waals surface area contributed by atoms with Crippen molar-refractivity contribution >= 4 is 17.9 Å². The molecule has 2 rings (SSSR count). The van der Waals surface area contributed by atoms with Gasteiger partial charge in [-0.1, -0.05) is 19.8 Å². The number of nitrogens with zero attached hydrogens (tertiary/aromatic N) is 1. The third-order valence-corrected chi connectivity index (χ3v) is 4.15. The highest BCUT2D eigenvalue weighted by Gasteiger charge is 2.23. The number of rotatable bonds is 6. The van der Waals surface area contributed by atoms with Crippen LogP contribution >= 0.6 is 0 Å². The Labute approximate surface area is 134 Å². The van der Waals surface area contributed by atoms with Crippen molar-refractivity contribution in [2.45, 2.75) is 38.6 Å². The zero-order valence-corrected chi connectivity index (χ0v) is 13.0. The number of hydrogen-bond acceptors (Lipinski definition) is 5. The fraction of sp³-hybridized carbons (Fsp3) is 0.500. The van der Waals surface area contributed by atoms with E-state index in [0.717, 1.165) is 25.3 Å². The summed E-state index contributed by atoms with van der Waals surface area (Å²) < 4.78 is 5.34. The number of amides is 1. The number of carbonyl (C=O) groups excluding carboxylic acids is 2. The SMILES string of the molecule is CC1CCCCC1NC(=O)COc1ccc([N+](=O)[O-])cc1C=O. The van der Waals surface area contributed by atoms with Crippen molar-refractivity contribution in [2.24, 2.45) is 5.92 Å². The molecular weight excluding hydrogens is 300 g/mol. The number of nitro groups is 1. The Morgan fingerprint density at radius 1 is 1.43 bits per heavy atom. The van der Waals surface area contributed by atoms with Crippen LogP contribution < -0.4 is 10.1 Å². The van der Waals surface area contributed by atoms with Crippen LogP contribution in [0.15, 0.2) is 18.2 Å². The van der Waals surface area contributed by atoms with E-state index in [4.69, 9.17) is 4.74 Å². The lowest BCUT2D eigenvalue weighted by Gasteiger charge is -2.29. The van der Waals surface area contributed by atoms with E-state index in [0.29, 0.717) is 12.2 Å². The fourth-order valence-electron chi connectivity index (χ4n) is 2.80. The average Bonchev–Trinajstić information content (AvgIpc) is 2.54. The van der Waals surface area contributed by atoms with E-state index in [1.165, 1.54) is 18.6 Å². The number of aldehydes is 1. The van der Waals surface area contributed by atoms with Crippen molar-refractivity contribution in [3.63, 3.8) is 0 Å². The second-order valence-corrected chi connectivity index (χ2v) is 5.82. The standard InChI is InChI=1S/C16H20N2O5/c1-11-4-2-3-5-14(11)17-16(20)10-23-15-7-6-13(18(21)22)8-12(15)9-19/h6-9,11,14H,2-5,10H2,1H3,(H,17,20). The van der Waals surface area contributed by atoms with Crippen molar-refractivity contribution in [2.75, 3.05) is 6.61 Å². The van der Waals surface area contributed by atoms with Crippen LogP contribution in [0.3, 0.4) is 0 Å². The Balaban J connectivity index is 1.93. The zero-order valence-electron chi connectivity index (χ0n) is 13.0. The highest BCUT2D eigenvalue weighted by Crippen LogP contribution is 2.24. The predicted molar refractivity (Wildman–Crippen MR) is 83.5 cm³/mol. The lowest BCUT2D eigenvalue weighted by molar-refractivity contribution is -0.384. The second-order valence-electron chi connectivity index (χ2n) is 5.82. The van der Waals surface area contributed by atoms with Crippen LogP contribution in [-0.4, -0.2) is 29.8 Å². The molecule has 0 heterocycles. The molecule has 2 unspecified atom stereocenters. The molecule has 1 amide bonds. The maximum Gasteiger partial charge on any atom is 0.270 e. The molecule has 1 fully saturated rings. The molecule has 0 radical (unpaired) electrons. The molecule has 1 saturated carbocycles. The first-order chi connectivity index (χ1) is 11.0. The Morgan fingerprint density at radius 2 is 2.17 bits per heavy atom. The third kappa shape index (κ3) is 4.51. The minimum absolute atomic E-state index is 0.0537. The summed E-state index contributed by atoms with van der Waals surface area (Å²) in [6.45, 7) is 1.90. The average molecular weight is 320 g/mol. The van der Waals surface area contributed by atoms with Gasteiger partial charge in [-0.25, -0.2) is 0 Å². The Morgan fingerprint density at radius 3 is 2.83 bits per heavy atom. The van der Waals surface area contributed by atoms with Gasteiger partial charge < -0.3 is 10.1 Å². The number of carbonyl (C=O) groups is 2. The van der Waals surface area contributed by atoms with Gasteiger partial charge in [0.25, 0.3) is 11.6 Å². The summed E-state index contributed by atoms with van der Waals surface area (Å²) >= 11 is 0. The van der Waals surface area contributed by atoms with Crippen LogP contribution in [-0.2, 0) is 4.79 Å². The summed E-state index contributed by atoms with van der Waals surface area (Å²) in [4.78, 5) is 33.1. The molecule has 1 aromatic carbocycles. The van der Waals surface area contributed by atoms with Gasteiger partial charge in [0.1, 0.15) is 5.75 Å². The van der Waals surface area contributed by atoms with Gasteiger partial charge in [0, 0.05) is 18.2 Å². The Bertz CT molecular complexity index is 602. The van der Waals surface area contributed by atoms with Crippen LogP contribution in [0.4, 0.5) is 5.69 Å². The van der Waals surface area contributed by atoms with Crippen molar-refractivity contribution < 1.29 is 19.2 Å². The first kappa shape index (κ1) is 16.9.